The van der Waals surface area contributed by atoms with Crippen molar-refractivity contribution in [3.8, 4) is 0 Å². The van der Waals surface area contributed by atoms with E-state index in [1.165, 1.54) is 0 Å². The maximum absolute atomic E-state index is 10.9. The lowest BCUT2D eigenvalue weighted by Crippen LogP contribution is -2.27. The summed E-state index contributed by atoms with van der Waals surface area (Å²) in [6.45, 7) is 3.37. The quantitative estimate of drug-likeness (QED) is 0.834. The SMILES string of the molecule is CCN(CCO)c1cc(Br)ccc1C=O. The summed E-state index contributed by atoms with van der Waals surface area (Å²) in [7, 11) is 0. The van der Waals surface area contributed by atoms with Gasteiger partial charge < -0.3 is 10.0 Å². The van der Waals surface area contributed by atoms with Crippen LogP contribution in [0.5, 0.6) is 0 Å². The van der Waals surface area contributed by atoms with Gasteiger partial charge in [0.2, 0.25) is 0 Å². The monoisotopic (exact) mass is 271 g/mol. The number of hydrogen-bond acceptors (Lipinski definition) is 3. The Bertz CT molecular complexity index is 341. The minimum Gasteiger partial charge on any atom is -0.395 e. The van der Waals surface area contributed by atoms with Gasteiger partial charge in [-0.3, -0.25) is 4.79 Å². The highest BCUT2D eigenvalue weighted by Gasteiger charge is 2.09. The Morgan fingerprint density at radius 2 is 2.27 bits per heavy atom. The van der Waals surface area contributed by atoms with E-state index >= 15 is 0 Å². The van der Waals surface area contributed by atoms with E-state index in [4.69, 9.17) is 5.11 Å². The van der Waals surface area contributed by atoms with E-state index in [2.05, 4.69) is 15.9 Å². The van der Waals surface area contributed by atoms with Gasteiger partial charge in [0.25, 0.3) is 0 Å². The van der Waals surface area contributed by atoms with Crippen LogP contribution in [-0.2, 0) is 0 Å². The Morgan fingerprint density at radius 1 is 1.53 bits per heavy atom. The minimum atomic E-state index is 0.0820. The molecule has 82 valence electrons. The second-order valence-corrected chi connectivity index (χ2v) is 4.04. The topological polar surface area (TPSA) is 40.5 Å². The summed E-state index contributed by atoms with van der Waals surface area (Å²) in [5, 5.41) is 8.92. The summed E-state index contributed by atoms with van der Waals surface area (Å²) >= 11 is 3.37. The molecule has 0 amide bonds. The van der Waals surface area contributed by atoms with Crippen LogP contribution >= 0.6 is 15.9 Å². The number of anilines is 1. The van der Waals surface area contributed by atoms with Gasteiger partial charge in [0.15, 0.2) is 6.29 Å². The van der Waals surface area contributed by atoms with E-state index in [1.54, 1.807) is 6.07 Å². The third-order valence-corrected chi connectivity index (χ3v) is 2.71. The smallest absolute Gasteiger partial charge is 0.152 e. The van der Waals surface area contributed by atoms with Crippen molar-refractivity contribution in [2.45, 2.75) is 6.92 Å². The van der Waals surface area contributed by atoms with Crippen LogP contribution in [0.25, 0.3) is 0 Å². The molecule has 0 aliphatic heterocycles. The van der Waals surface area contributed by atoms with E-state index in [0.29, 0.717) is 12.1 Å². The number of likely N-dealkylation sites (N-methyl/N-ethyl adjacent to an activating group) is 1. The molecule has 0 saturated carbocycles. The molecule has 1 N–H and O–H groups in total. The highest BCUT2D eigenvalue weighted by Crippen LogP contribution is 2.23. The van der Waals surface area contributed by atoms with Gasteiger partial charge >= 0.3 is 0 Å². The molecule has 0 unspecified atom stereocenters. The molecule has 0 fully saturated rings. The van der Waals surface area contributed by atoms with E-state index in [9.17, 15) is 4.79 Å². The van der Waals surface area contributed by atoms with Crippen LogP contribution in [0.3, 0.4) is 0 Å². The lowest BCUT2D eigenvalue weighted by Gasteiger charge is -2.23. The number of rotatable bonds is 5. The summed E-state index contributed by atoms with van der Waals surface area (Å²) in [6.07, 6.45) is 0.835. The second-order valence-electron chi connectivity index (χ2n) is 3.12. The Labute approximate surface area is 97.8 Å². The van der Waals surface area contributed by atoms with Crippen molar-refractivity contribution in [3.63, 3.8) is 0 Å². The molecule has 15 heavy (non-hydrogen) atoms. The molecule has 0 heterocycles. The van der Waals surface area contributed by atoms with Gasteiger partial charge in [-0.1, -0.05) is 15.9 Å². The number of nitrogens with zero attached hydrogens (tertiary/aromatic N) is 1. The van der Waals surface area contributed by atoms with Gasteiger partial charge in [0, 0.05) is 28.8 Å². The van der Waals surface area contributed by atoms with Crippen LogP contribution in [-0.4, -0.2) is 31.1 Å². The molecular weight excluding hydrogens is 258 g/mol. The third-order valence-electron chi connectivity index (χ3n) is 2.21. The number of aldehydes is 1. The highest BCUT2D eigenvalue weighted by molar-refractivity contribution is 9.10. The van der Waals surface area contributed by atoms with Crippen molar-refractivity contribution in [2.75, 3.05) is 24.6 Å². The van der Waals surface area contributed by atoms with Crippen LogP contribution in [0.4, 0.5) is 5.69 Å². The average Bonchev–Trinajstić information content (AvgIpc) is 2.26. The standard InChI is InChI=1S/C11H14BrNO2/c1-2-13(5-6-14)11-7-10(12)4-3-9(11)8-15/h3-4,7-8,14H,2,5-6H2,1H3. The molecule has 0 atom stereocenters. The zero-order valence-electron chi connectivity index (χ0n) is 8.61. The van der Waals surface area contributed by atoms with Crippen molar-refractivity contribution in [2.24, 2.45) is 0 Å². The Morgan fingerprint density at radius 3 is 2.80 bits per heavy atom. The predicted molar refractivity (Wildman–Crippen MR) is 64.5 cm³/mol. The van der Waals surface area contributed by atoms with Gasteiger partial charge in [0.05, 0.1) is 6.61 Å². The molecule has 3 nitrogen and oxygen atoms in total. The van der Waals surface area contributed by atoms with Crippen LogP contribution in [0, 0.1) is 0 Å². The van der Waals surface area contributed by atoms with Gasteiger partial charge in [-0.15, -0.1) is 0 Å². The number of carbonyl (C=O) groups excluding carboxylic acids is 1. The van der Waals surface area contributed by atoms with Crippen LogP contribution < -0.4 is 4.90 Å². The van der Waals surface area contributed by atoms with E-state index in [0.717, 1.165) is 23.0 Å². The van der Waals surface area contributed by atoms with Crippen LogP contribution in [0.2, 0.25) is 0 Å². The summed E-state index contributed by atoms with van der Waals surface area (Å²) in [4.78, 5) is 12.8. The third kappa shape index (κ3) is 3.04. The summed E-state index contributed by atoms with van der Waals surface area (Å²) in [5.74, 6) is 0. The molecule has 0 aromatic heterocycles. The fourth-order valence-corrected chi connectivity index (χ4v) is 1.81. The maximum Gasteiger partial charge on any atom is 0.152 e. The predicted octanol–water partition coefficient (Wildman–Crippen LogP) is 2.08. The summed E-state index contributed by atoms with van der Waals surface area (Å²) in [6, 6.07) is 5.50. The minimum absolute atomic E-state index is 0.0820. The fourth-order valence-electron chi connectivity index (χ4n) is 1.46. The number of carbonyl (C=O) groups is 1. The molecule has 0 aliphatic rings. The van der Waals surface area contributed by atoms with Crippen molar-refractivity contribution >= 4 is 27.9 Å². The largest absolute Gasteiger partial charge is 0.395 e. The van der Waals surface area contributed by atoms with Crippen LogP contribution in [0.15, 0.2) is 22.7 Å². The Balaban J connectivity index is 3.07. The fraction of sp³-hybridized carbons (Fsp3) is 0.364. The first-order valence-corrected chi connectivity index (χ1v) is 5.62. The zero-order valence-corrected chi connectivity index (χ0v) is 10.2. The number of benzene rings is 1. The van der Waals surface area contributed by atoms with Crippen molar-refractivity contribution < 1.29 is 9.90 Å². The first-order chi connectivity index (χ1) is 7.22. The Kier molecular flexibility index (Phi) is 4.78. The van der Waals surface area contributed by atoms with E-state index < -0.39 is 0 Å². The van der Waals surface area contributed by atoms with E-state index in [1.807, 2.05) is 24.0 Å². The molecule has 1 aromatic carbocycles. The Hall–Kier alpha value is -0.870. The van der Waals surface area contributed by atoms with E-state index in [-0.39, 0.29) is 6.61 Å². The molecular formula is C11H14BrNO2. The zero-order chi connectivity index (χ0) is 11.3. The van der Waals surface area contributed by atoms with Gasteiger partial charge in [-0.2, -0.15) is 0 Å². The molecule has 4 heteroatoms. The molecule has 0 radical (unpaired) electrons. The molecule has 0 aliphatic carbocycles. The van der Waals surface area contributed by atoms with Crippen LogP contribution in [0.1, 0.15) is 17.3 Å². The first kappa shape index (κ1) is 12.2. The normalized spacial score (nSPS) is 10.1. The summed E-state index contributed by atoms with van der Waals surface area (Å²) < 4.78 is 0.930. The van der Waals surface area contributed by atoms with Crippen molar-refractivity contribution in [1.29, 1.82) is 0 Å². The van der Waals surface area contributed by atoms with Gasteiger partial charge in [-0.25, -0.2) is 0 Å². The molecule has 0 bridgehead atoms. The lowest BCUT2D eigenvalue weighted by atomic mass is 10.1. The van der Waals surface area contributed by atoms with Gasteiger partial charge in [-0.05, 0) is 25.1 Å². The summed E-state index contributed by atoms with van der Waals surface area (Å²) in [5.41, 5.74) is 1.50. The molecule has 1 aromatic rings. The number of hydrogen-bond donors (Lipinski definition) is 1. The number of halogens is 1. The number of aliphatic hydroxyl groups is 1. The first-order valence-electron chi connectivity index (χ1n) is 4.83. The maximum atomic E-state index is 10.9. The highest BCUT2D eigenvalue weighted by atomic mass is 79.9. The van der Waals surface area contributed by atoms with Crippen molar-refractivity contribution in [3.05, 3.63) is 28.2 Å². The average molecular weight is 272 g/mol. The molecule has 0 spiro atoms. The lowest BCUT2D eigenvalue weighted by molar-refractivity contribution is 0.112. The van der Waals surface area contributed by atoms with Crippen molar-refractivity contribution in [1.82, 2.24) is 0 Å². The number of aliphatic hydroxyl groups excluding tert-OH is 1. The second kappa shape index (κ2) is 5.88. The van der Waals surface area contributed by atoms with Gasteiger partial charge in [0.1, 0.15) is 0 Å². The molecule has 1 rings (SSSR count). The molecule has 0 saturated heterocycles.